The Labute approximate surface area is 156 Å². The van der Waals surface area contributed by atoms with Gasteiger partial charge in [0, 0.05) is 6.07 Å². The lowest BCUT2D eigenvalue weighted by Gasteiger charge is -2.18. The van der Waals surface area contributed by atoms with E-state index in [0.29, 0.717) is 17.2 Å². The Morgan fingerprint density at radius 1 is 1.19 bits per heavy atom. The van der Waals surface area contributed by atoms with Crippen molar-refractivity contribution in [3.63, 3.8) is 0 Å². The van der Waals surface area contributed by atoms with E-state index in [1.54, 1.807) is 12.1 Å². The number of aromatic nitrogens is 3. The van der Waals surface area contributed by atoms with E-state index < -0.39 is 0 Å². The molecule has 0 unspecified atom stereocenters. The van der Waals surface area contributed by atoms with Gasteiger partial charge in [-0.1, -0.05) is 30.3 Å². The molecule has 0 aliphatic rings. The van der Waals surface area contributed by atoms with Crippen molar-refractivity contribution in [2.75, 3.05) is 0 Å². The number of nitrogens with zero attached hydrogens (tertiary/aromatic N) is 4. The fourth-order valence-corrected chi connectivity index (χ4v) is 3.18. The van der Waals surface area contributed by atoms with Gasteiger partial charge < -0.3 is 13.8 Å². The summed E-state index contributed by atoms with van der Waals surface area (Å²) in [6.45, 7) is 4.18. The minimum Gasteiger partial charge on any atom is -0.467 e. The van der Waals surface area contributed by atoms with E-state index in [1.165, 1.54) is 0 Å². The lowest BCUT2D eigenvalue weighted by molar-refractivity contribution is 0.255. The number of nitriles is 1. The monoisotopic (exact) mass is 358 g/mol. The van der Waals surface area contributed by atoms with Gasteiger partial charge in [0.15, 0.2) is 0 Å². The summed E-state index contributed by atoms with van der Waals surface area (Å²) < 4.78 is 12.9. The molecule has 4 aromatic rings. The van der Waals surface area contributed by atoms with Gasteiger partial charge >= 0.3 is 0 Å². The zero-order valence-electron chi connectivity index (χ0n) is 15.1. The fourth-order valence-electron chi connectivity index (χ4n) is 3.18. The van der Waals surface area contributed by atoms with Gasteiger partial charge in [0.25, 0.3) is 5.88 Å². The molecule has 0 bridgehead atoms. The van der Waals surface area contributed by atoms with E-state index >= 15 is 0 Å². The summed E-state index contributed by atoms with van der Waals surface area (Å²) in [7, 11) is 0. The Balaban J connectivity index is 1.78. The second-order valence-corrected chi connectivity index (χ2v) is 6.36. The van der Waals surface area contributed by atoms with Crippen molar-refractivity contribution in [1.29, 1.82) is 5.26 Å². The van der Waals surface area contributed by atoms with Gasteiger partial charge in [-0.15, -0.1) is 0 Å². The quantitative estimate of drug-likeness (QED) is 0.529. The predicted octanol–water partition coefficient (Wildman–Crippen LogP) is 4.39. The van der Waals surface area contributed by atoms with Crippen LogP contribution in [-0.4, -0.2) is 14.7 Å². The highest BCUT2D eigenvalue weighted by Gasteiger charge is 2.18. The Bertz CT molecular complexity index is 1120. The molecule has 0 saturated heterocycles. The molecule has 6 nitrogen and oxygen atoms in total. The molecule has 1 atom stereocenters. The maximum absolute atomic E-state index is 9.28. The van der Waals surface area contributed by atoms with Crippen LogP contribution in [0, 0.1) is 18.3 Å². The molecule has 0 fully saturated rings. The molecule has 2 heterocycles. The van der Waals surface area contributed by atoms with E-state index in [-0.39, 0.29) is 12.6 Å². The lowest BCUT2D eigenvalue weighted by atomic mass is 10.1. The van der Waals surface area contributed by atoms with Gasteiger partial charge in [-0.3, -0.25) is 0 Å². The molecular weight excluding hydrogens is 340 g/mol. The molecule has 4 rings (SSSR count). The molecule has 27 heavy (non-hydrogen) atoms. The average Bonchev–Trinajstić information content (AvgIpc) is 3.28. The first-order chi connectivity index (χ1) is 13.2. The van der Waals surface area contributed by atoms with Crippen LogP contribution < -0.4 is 4.74 Å². The summed E-state index contributed by atoms with van der Waals surface area (Å²) >= 11 is 0. The maximum Gasteiger partial charge on any atom is 0.254 e. The van der Waals surface area contributed by atoms with Crippen molar-refractivity contribution in [2.45, 2.75) is 26.5 Å². The first-order valence-electron chi connectivity index (χ1n) is 8.67. The lowest BCUT2D eigenvalue weighted by Crippen LogP contribution is -2.13. The summed E-state index contributed by atoms with van der Waals surface area (Å²) in [5.41, 5.74) is 3.48. The molecular formula is C21H18N4O2. The second-order valence-electron chi connectivity index (χ2n) is 6.36. The Hall–Kier alpha value is -3.59. The number of hydrogen-bond donors (Lipinski definition) is 0. The highest BCUT2D eigenvalue weighted by molar-refractivity contribution is 5.78. The Morgan fingerprint density at radius 2 is 2.00 bits per heavy atom. The first-order valence-corrected chi connectivity index (χ1v) is 8.67. The molecule has 2 aromatic heterocycles. The van der Waals surface area contributed by atoms with Crippen LogP contribution in [0.5, 0.6) is 5.88 Å². The summed E-state index contributed by atoms with van der Waals surface area (Å²) in [6.07, 6.45) is 0. The highest BCUT2D eigenvalue weighted by Crippen LogP contribution is 2.27. The molecule has 0 radical (unpaired) electrons. The summed E-state index contributed by atoms with van der Waals surface area (Å²) in [6, 6.07) is 19.7. The zero-order valence-corrected chi connectivity index (χ0v) is 15.1. The van der Waals surface area contributed by atoms with E-state index in [1.807, 2.05) is 37.3 Å². The Morgan fingerprint density at radius 3 is 2.70 bits per heavy atom. The van der Waals surface area contributed by atoms with Gasteiger partial charge in [-0.25, -0.2) is 4.98 Å². The standard InChI is InChI=1S/C21H18N4O2/c1-14-10-21(24-27-14)26-13-20-23-18-9-8-16(12-22)11-19(18)25(20)15(2)17-6-4-3-5-7-17/h3-11,15H,13H2,1-2H3/t15-/m1/s1. The smallest absolute Gasteiger partial charge is 0.254 e. The molecule has 0 spiro atoms. The van der Waals surface area contributed by atoms with Crippen LogP contribution in [-0.2, 0) is 6.61 Å². The molecule has 0 aliphatic carbocycles. The predicted molar refractivity (Wildman–Crippen MR) is 100 cm³/mol. The minimum absolute atomic E-state index is 0.0304. The van der Waals surface area contributed by atoms with Crippen molar-refractivity contribution in [1.82, 2.24) is 14.7 Å². The number of aryl methyl sites for hydroxylation is 1. The number of ether oxygens (including phenoxy) is 1. The first kappa shape index (κ1) is 16.9. The molecule has 0 amide bonds. The van der Waals surface area contributed by atoms with Gasteiger partial charge in [0.2, 0.25) is 0 Å². The van der Waals surface area contributed by atoms with E-state index in [2.05, 4.69) is 34.8 Å². The number of fused-ring (bicyclic) bond motifs is 1. The van der Waals surface area contributed by atoms with Crippen LogP contribution in [0.4, 0.5) is 0 Å². The zero-order chi connectivity index (χ0) is 18.8. The van der Waals surface area contributed by atoms with E-state index in [0.717, 1.165) is 22.4 Å². The Kier molecular flexibility index (Phi) is 4.35. The third-order valence-corrected chi connectivity index (χ3v) is 4.52. The fraction of sp³-hybridized carbons (Fsp3) is 0.190. The summed E-state index contributed by atoms with van der Waals surface area (Å²) in [5.74, 6) is 1.88. The van der Waals surface area contributed by atoms with Gasteiger partial charge in [0.05, 0.1) is 28.7 Å². The van der Waals surface area contributed by atoms with Crippen molar-refractivity contribution < 1.29 is 9.26 Å². The molecule has 0 N–H and O–H groups in total. The molecule has 134 valence electrons. The van der Waals surface area contributed by atoms with Crippen molar-refractivity contribution in [2.24, 2.45) is 0 Å². The molecule has 0 saturated carbocycles. The number of hydrogen-bond acceptors (Lipinski definition) is 5. The van der Waals surface area contributed by atoms with Gasteiger partial charge in [-0.2, -0.15) is 5.26 Å². The van der Waals surface area contributed by atoms with E-state index in [9.17, 15) is 5.26 Å². The summed E-state index contributed by atoms with van der Waals surface area (Å²) in [4.78, 5) is 4.73. The maximum atomic E-state index is 9.28. The topological polar surface area (TPSA) is 76.9 Å². The molecule has 6 heteroatoms. The highest BCUT2D eigenvalue weighted by atomic mass is 16.5. The largest absolute Gasteiger partial charge is 0.467 e. The van der Waals surface area contributed by atoms with Crippen LogP contribution in [0.3, 0.4) is 0 Å². The molecule has 2 aromatic carbocycles. The van der Waals surface area contributed by atoms with Crippen LogP contribution >= 0.6 is 0 Å². The van der Waals surface area contributed by atoms with Crippen LogP contribution in [0.25, 0.3) is 11.0 Å². The van der Waals surface area contributed by atoms with Crippen molar-refractivity contribution in [3.05, 3.63) is 77.3 Å². The number of imidazole rings is 1. The van der Waals surface area contributed by atoms with Crippen molar-refractivity contribution in [3.8, 4) is 11.9 Å². The van der Waals surface area contributed by atoms with Crippen molar-refractivity contribution >= 4 is 11.0 Å². The third kappa shape index (κ3) is 3.27. The van der Waals surface area contributed by atoms with Crippen LogP contribution in [0.15, 0.2) is 59.1 Å². The minimum atomic E-state index is 0.0304. The van der Waals surface area contributed by atoms with Gasteiger partial charge in [0.1, 0.15) is 18.2 Å². The third-order valence-electron chi connectivity index (χ3n) is 4.52. The van der Waals surface area contributed by atoms with Gasteiger partial charge in [-0.05, 0) is 42.8 Å². The molecule has 0 aliphatic heterocycles. The van der Waals surface area contributed by atoms with Crippen LogP contribution in [0.2, 0.25) is 0 Å². The SMILES string of the molecule is Cc1cc(OCc2nc3ccc(C#N)cc3n2[C@H](C)c2ccccc2)no1. The summed E-state index contributed by atoms with van der Waals surface area (Å²) in [5, 5.41) is 13.1. The number of rotatable bonds is 5. The van der Waals surface area contributed by atoms with Crippen LogP contribution in [0.1, 0.15) is 35.7 Å². The second kappa shape index (κ2) is 6.96. The average molecular weight is 358 g/mol. The van der Waals surface area contributed by atoms with E-state index in [4.69, 9.17) is 14.2 Å². The normalized spacial score (nSPS) is 12.0. The number of benzene rings is 2.